The quantitative estimate of drug-likeness (QED) is 0.856. The normalized spacial score (nSPS) is 10.2. The summed E-state index contributed by atoms with van der Waals surface area (Å²) in [5.74, 6) is 1.02. The van der Waals surface area contributed by atoms with E-state index in [2.05, 4.69) is 11.7 Å². The van der Waals surface area contributed by atoms with Crippen molar-refractivity contribution < 1.29 is 9.26 Å². The number of hydrogen-bond acceptors (Lipinski definition) is 4. The maximum Gasteiger partial charge on any atom is 0.262 e. The Bertz CT molecular complexity index is 491. The van der Waals surface area contributed by atoms with E-state index in [1.807, 2.05) is 30.3 Å². The molecule has 1 aromatic carbocycles. The van der Waals surface area contributed by atoms with Gasteiger partial charge in [-0.3, -0.25) is 0 Å². The molecule has 0 bridgehead atoms. The smallest absolute Gasteiger partial charge is 0.262 e. The van der Waals surface area contributed by atoms with Gasteiger partial charge in [-0.2, -0.15) is 0 Å². The first-order valence-electron chi connectivity index (χ1n) is 5.33. The van der Waals surface area contributed by atoms with Crippen molar-refractivity contribution >= 4 is 6.08 Å². The third-order valence-corrected chi connectivity index (χ3v) is 2.38. The summed E-state index contributed by atoms with van der Waals surface area (Å²) in [6.45, 7) is 4.42. The molecule has 0 unspecified atom stereocenters. The predicted octanol–water partition coefficient (Wildman–Crippen LogP) is 2.36. The molecule has 17 heavy (non-hydrogen) atoms. The third kappa shape index (κ3) is 2.54. The van der Waals surface area contributed by atoms with E-state index in [-0.39, 0.29) is 6.54 Å². The van der Waals surface area contributed by atoms with Crippen LogP contribution < -0.4 is 10.5 Å². The van der Waals surface area contributed by atoms with Gasteiger partial charge < -0.3 is 15.0 Å². The first kappa shape index (κ1) is 11.4. The van der Waals surface area contributed by atoms with Crippen molar-refractivity contribution in [1.82, 2.24) is 5.16 Å². The molecule has 0 saturated heterocycles. The molecule has 2 rings (SSSR count). The fourth-order valence-corrected chi connectivity index (χ4v) is 1.49. The molecule has 0 spiro atoms. The highest BCUT2D eigenvalue weighted by molar-refractivity contribution is 5.54. The molecule has 1 heterocycles. The highest BCUT2D eigenvalue weighted by atomic mass is 16.5. The lowest BCUT2D eigenvalue weighted by Crippen LogP contribution is -1.98. The van der Waals surface area contributed by atoms with Crippen molar-refractivity contribution in [2.75, 3.05) is 0 Å². The second-order valence-corrected chi connectivity index (χ2v) is 3.51. The highest BCUT2D eigenvalue weighted by Crippen LogP contribution is 2.23. The van der Waals surface area contributed by atoms with Gasteiger partial charge >= 0.3 is 0 Å². The van der Waals surface area contributed by atoms with Crippen LogP contribution in [0, 0.1) is 0 Å². The van der Waals surface area contributed by atoms with E-state index < -0.39 is 0 Å². The van der Waals surface area contributed by atoms with Crippen molar-refractivity contribution in [3.8, 4) is 5.88 Å². The summed E-state index contributed by atoms with van der Waals surface area (Å²) in [7, 11) is 0. The van der Waals surface area contributed by atoms with Crippen molar-refractivity contribution in [3.63, 3.8) is 0 Å². The zero-order valence-corrected chi connectivity index (χ0v) is 9.43. The van der Waals surface area contributed by atoms with E-state index in [1.165, 1.54) is 0 Å². The van der Waals surface area contributed by atoms with E-state index >= 15 is 0 Å². The minimum Gasteiger partial charge on any atom is -0.470 e. The third-order valence-electron chi connectivity index (χ3n) is 2.38. The first-order valence-corrected chi connectivity index (χ1v) is 5.33. The summed E-state index contributed by atoms with van der Waals surface area (Å²) >= 11 is 0. The molecule has 0 atom stereocenters. The number of hydrogen-bond donors (Lipinski definition) is 1. The molecule has 88 valence electrons. The molecule has 0 saturated carbocycles. The maximum atomic E-state index is 5.56. The average molecular weight is 230 g/mol. The number of rotatable bonds is 5. The van der Waals surface area contributed by atoms with E-state index in [4.69, 9.17) is 15.0 Å². The minimum absolute atomic E-state index is 0.281. The maximum absolute atomic E-state index is 5.56. The molecule has 0 fully saturated rings. The molecular weight excluding hydrogens is 216 g/mol. The van der Waals surface area contributed by atoms with E-state index in [1.54, 1.807) is 6.08 Å². The second kappa shape index (κ2) is 5.32. The summed E-state index contributed by atoms with van der Waals surface area (Å²) in [4.78, 5) is 0. The van der Waals surface area contributed by atoms with Crippen LogP contribution in [0.2, 0.25) is 0 Å². The molecule has 4 nitrogen and oxygen atoms in total. The standard InChI is InChI=1S/C13H14N2O2/c1-2-11-12(8-14)17-15-13(11)16-9-10-6-4-3-5-7-10/h2-7H,1,8-9,14H2. The molecule has 2 aromatic rings. The summed E-state index contributed by atoms with van der Waals surface area (Å²) in [6, 6.07) is 9.85. The topological polar surface area (TPSA) is 61.3 Å². The lowest BCUT2D eigenvalue weighted by Gasteiger charge is -2.03. The Morgan fingerprint density at radius 2 is 2.12 bits per heavy atom. The summed E-state index contributed by atoms with van der Waals surface area (Å²) in [5.41, 5.74) is 7.30. The number of aromatic nitrogens is 1. The SMILES string of the molecule is C=Cc1c(OCc2ccccc2)noc1CN. The van der Waals surface area contributed by atoms with Gasteiger partial charge in [-0.05, 0) is 10.7 Å². The molecule has 0 aliphatic carbocycles. The van der Waals surface area contributed by atoms with Gasteiger partial charge in [-0.1, -0.05) is 43.0 Å². The van der Waals surface area contributed by atoms with Gasteiger partial charge in [0.25, 0.3) is 5.88 Å². The van der Waals surface area contributed by atoms with Crippen molar-refractivity contribution in [1.29, 1.82) is 0 Å². The van der Waals surface area contributed by atoms with Crippen molar-refractivity contribution in [2.45, 2.75) is 13.2 Å². The molecule has 4 heteroatoms. The number of nitrogens with two attached hydrogens (primary N) is 1. The fourth-order valence-electron chi connectivity index (χ4n) is 1.49. The van der Waals surface area contributed by atoms with Gasteiger partial charge in [0.05, 0.1) is 12.1 Å². The second-order valence-electron chi connectivity index (χ2n) is 3.51. The summed E-state index contributed by atoms with van der Waals surface area (Å²) in [6.07, 6.45) is 1.64. The Hall–Kier alpha value is -2.07. The molecule has 0 radical (unpaired) electrons. The first-order chi connectivity index (χ1) is 8.35. The minimum atomic E-state index is 0.281. The van der Waals surface area contributed by atoms with Gasteiger partial charge in [0.15, 0.2) is 5.76 Å². The Morgan fingerprint density at radius 1 is 1.35 bits per heavy atom. The van der Waals surface area contributed by atoms with Crippen LogP contribution in [0.3, 0.4) is 0 Å². The van der Waals surface area contributed by atoms with Crippen LogP contribution >= 0.6 is 0 Å². The molecule has 0 aliphatic rings. The summed E-state index contributed by atoms with van der Waals surface area (Å²) in [5, 5.41) is 3.82. The lowest BCUT2D eigenvalue weighted by molar-refractivity contribution is 0.266. The van der Waals surface area contributed by atoms with E-state index in [0.29, 0.717) is 18.2 Å². The van der Waals surface area contributed by atoms with Gasteiger partial charge in [0.1, 0.15) is 6.61 Å². The van der Waals surface area contributed by atoms with Crippen LogP contribution in [0.15, 0.2) is 41.4 Å². The van der Waals surface area contributed by atoms with Crippen LogP contribution in [-0.2, 0) is 13.2 Å². The lowest BCUT2D eigenvalue weighted by atomic mass is 10.2. The molecular formula is C13H14N2O2. The van der Waals surface area contributed by atoms with E-state index in [0.717, 1.165) is 11.1 Å². The van der Waals surface area contributed by atoms with Crippen LogP contribution in [0.5, 0.6) is 5.88 Å². The van der Waals surface area contributed by atoms with Crippen LogP contribution in [0.4, 0.5) is 0 Å². The number of ether oxygens (including phenoxy) is 1. The van der Waals surface area contributed by atoms with Gasteiger partial charge in [-0.25, -0.2) is 0 Å². The van der Waals surface area contributed by atoms with Gasteiger partial charge in [-0.15, -0.1) is 0 Å². The van der Waals surface area contributed by atoms with Crippen molar-refractivity contribution in [2.24, 2.45) is 5.73 Å². The number of nitrogens with zero attached hydrogens (tertiary/aromatic N) is 1. The van der Waals surface area contributed by atoms with E-state index in [9.17, 15) is 0 Å². The average Bonchev–Trinajstić information content (AvgIpc) is 2.79. The Kier molecular flexibility index (Phi) is 3.57. The highest BCUT2D eigenvalue weighted by Gasteiger charge is 2.13. The van der Waals surface area contributed by atoms with Crippen LogP contribution in [0.25, 0.3) is 6.08 Å². The molecule has 2 N–H and O–H groups in total. The Balaban J connectivity index is 2.09. The monoisotopic (exact) mass is 230 g/mol. The zero-order chi connectivity index (χ0) is 12.1. The fraction of sp³-hybridized carbons (Fsp3) is 0.154. The molecule has 0 amide bonds. The predicted molar refractivity (Wildman–Crippen MR) is 65.3 cm³/mol. The van der Waals surface area contributed by atoms with Crippen molar-refractivity contribution in [3.05, 3.63) is 53.8 Å². The zero-order valence-electron chi connectivity index (χ0n) is 9.43. The van der Waals surface area contributed by atoms with Crippen LogP contribution in [-0.4, -0.2) is 5.16 Å². The van der Waals surface area contributed by atoms with Crippen LogP contribution in [0.1, 0.15) is 16.9 Å². The Labute approximate surface area is 99.7 Å². The molecule has 0 aliphatic heterocycles. The Morgan fingerprint density at radius 3 is 2.76 bits per heavy atom. The molecule has 1 aromatic heterocycles. The largest absolute Gasteiger partial charge is 0.470 e. The summed E-state index contributed by atoms with van der Waals surface area (Å²) < 4.78 is 10.6. The number of benzene rings is 1. The van der Waals surface area contributed by atoms with Gasteiger partial charge in [0.2, 0.25) is 0 Å². The van der Waals surface area contributed by atoms with Gasteiger partial charge in [0, 0.05) is 0 Å².